The van der Waals surface area contributed by atoms with Crippen LogP contribution < -0.4 is 5.32 Å². The molecule has 3 aromatic rings. The lowest BCUT2D eigenvalue weighted by molar-refractivity contribution is 0.409. The maximum atomic E-state index is 14.3. The van der Waals surface area contributed by atoms with E-state index in [1.165, 1.54) is 11.6 Å². The first kappa shape index (κ1) is 14.8. The van der Waals surface area contributed by atoms with Gasteiger partial charge in [-0.25, -0.2) is 9.07 Å². The Kier molecular flexibility index (Phi) is 3.72. The highest BCUT2D eigenvalue weighted by atomic mass is 19.1. The highest BCUT2D eigenvalue weighted by Crippen LogP contribution is 2.37. The minimum atomic E-state index is -0.231. The van der Waals surface area contributed by atoms with Crippen molar-refractivity contribution in [1.29, 1.82) is 0 Å². The van der Waals surface area contributed by atoms with Gasteiger partial charge in [0.1, 0.15) is 5.82 Å². The topological polar surface area (TPSA) is 55.6 Å². The number of hydrogen-bond donors (Lipinski definition) is 1. The summed E-state index contributed by atoms with van der Waals surface area (Å²) in [6.07, 6.45) is 1.69. The third-order valence-electron chi connectivity index (χ3n) is 4.60. The summed E-state index contributed by atoms with van der Waals surface area (Å²) in [7, 11) is 0. The van der Waals surface area contributed by atoms with Crippen molar-refractivity contribution in [2.24, 2.45) is 0 Å². The first-order valence-corrected chi connectivity index (χ1v) is 8.14. The molecule has 122 valence electrons. The molecule has 1 aliphatic heterocycles. The van der Waals surface area contributed by atoms with E-state index in [0.29, 0.717) is 17.9 Å². The zero-order chi connectivity index (χ0) is 16.5. The number of aryl methyl sites for hydroxylation is 1. The molecule has 0 radical (unpaired) electrons. The number of halogens is 1. The van der Waals surface area contributed by atoms with Crippen LogP contribution in [0.5, 0.6) is 0 Å². The summed E-state index contributed by atoms with van der Waals surface area (Å²) in [6.45, 7) is 2.14. The molecule has 0 amide bonds. The van der Waals surface area contributed by atoms with Crippen LogP contribution in [0.25, 0.3) is 0 Å². The second-order valence-electron chi connectivity index (χ2n) is 6.01. The number of rotatable bonds is 3. The predicted molar refractivity (Wildman–Crippen MR) is 89.2 cm³/mol. The van der Waals surface area contributed by atoms with Crippen LogP contribution in [0.1, 0.15) is 42.1 Å². The molecule has 0 saturated carbocycles. The van der Waals surface area contributed by atoms with Crippen molar-refractivity contribution >= 4 is 5.95 Å². The predicted octanol–water partition coefficient (Wildman–Crippen LogP) is 3.52. The molecule has 0 bridgehead atoms. The van der Waals surface area contributed by atoms with Crippen molar-refractivity contribution in [3.63, 3.8) is 0 Å². The Bertz CT molecular complexity index is 843. The van der Waals surface area contributed by atoms with Gasteiger partial charge in [0.2, 0.25) is 5.95 Å². The fraction of sp³-hybridized carbons (Fsp3) is 0.278. The first-order valence-electron chi connectivity index (χ1n) is 8.14. The number of benzene rings is 2. The van der Waals surface area contributed by atoms with Gasteiger partial charge in [0.25, 0.3) is 0 Å². The van der Waals surface area contributed by atoms with E-state index < -0.39 is 0 Å². The van der Waals surface area contributed by atoms with Crippen LogP contribution in [0.15, 0.2) is 48.5 Å². The summed E-state index contributed by atoms with van der Waals surface area (Å²) in [5, 5.41) is 15.2. The molecule has 1 aromatic heterocycles. The molecule has 2 heterocycles. The molecule has 0 saturated heterocycles. The number of hydrogen-bond acceptors (Lipinski definition) is 4. The third kappa shape index (κ3) is 2.54. The molecular formula is C18H18FN5. The maximum Gasteiger partial charge on any atom is 0.243 e. The number of nitrogens with one attached hydrogen (secondary N) is 1. The van der Waals surface area contributed by atoms with Gasteiger partial charge in [-0.05, 0) is 40.5 Å². The quantitative estimate of drug-likeness (QED) is 0.801. The van der Waals surface area contributed by atoms with Gasteiger partial charge in [-0.3, -0.25) is 0 Å². The lowest BCUT2D eigenvalue weighted by Crippen LogP contribution is -2.28. The summed E-state index contributed by atoms with van der Waals surface area (Å²) in [4.78, 5) is 0. The number of fused-ring (bicyclic) bond motifs is 1. The van der Waals surface area contributed by atoms with E-state index >= 15 is 0 Å². The molecule has 6 heteroatoms. The zero-order valence-corrected chi connectivity index (χ0v) is 13.4. The maximum absolute atomic E-state index is 14.3. The Morgan fingerprint density at radius 3 is 2.71 bits per heavy atom. The van der Waals surface area contributed by atoms with Crippen LogP contribution in [-0.4, -0.2) is 20.2 Å². The van der Waals surface area contributed by atoms with E-state index in [-0.39, 0.29) is 17.9 Å². The van der Waals surface area contributed by atoms with E-state index in [2.05, 4.69) is 52.0 Å². The van der Waals surface area contributed by atoms with Crippen molar-refractivity contribution in [1.82, 2.24) is 20.2 Å². The average molecular weight is 323 g/mol. The van der Waals surface area contributed by atoms with Crippen molar-refractivity contribution < 1.29 is 4.39 Å². The first-order chi connectivity index (χ1) is 11.8. The summed E-state index contributed by atoms with van der Waals surface area (Å²) in [5.41, 5.74) is 3.07. The zero-order valence-electron chi connectivity index (χ0n) is 13.4. The molecule has 0 spiro atoms. The van der Waals surface area contributed by atoms with Gasteiger partial charge in [-0.2, -0.15) is 0 Å². The summed E-state index contributed by atoms with van der Waals surface area (Å²) in [5.74, 6) is 0.338. The van der Waals surface area contributed by atoms with E-state index in [1.54, 1.807) is 16.8 Å². The normalized spacial score (nSPS) is 19.6. The van der Waals surface area contributed by atoms with E-state index in [9.17, 15) is 4.39 Å². The van der Waals surface area contributed by atoms with Crippen LogP contribution in [-0.2, 0) is 6.42 Å². The Morgan fingerprint density at radius 2 is 1.96 bits per heavy atom. The van der Waals surface area contributed by atoms with Crippen molar-refractivity contribution in [2.75, 3.05) is 5.32 Å². The molecule has 2 atom stereocenters. The molecule has 1 N–H and O–H groups in total. The Hall–Kier alpha value is -2.76. The van der Waals surface area contributed by atoms with Gasteiger partial charge < -0.3 is 5.32 Å². The molecule has 5 nitrogen and oxygen atoms in total. The molecule has 4 rings (SSSR count). The fourth-order valence-corrected chi connectivity index (χ4v) is 3.25. The third-order valence-corrected chi connectivity index (χ3v) is 4.60. The van der Waals surface area contributed by atoms with Gasteiger partial charge >= 0.3 is 0 Å². The number of anilines is 1. The number of tetrazole rings is 1. The molecule has 0 aliphatic carbocycles. The highest BCUT2D eigenvalue weighted by Gasteiger charge is 2.31. The second-order valence-corrected chi connectivity index (χ2v) is 6.01. The van der Waals surface area contributed by atoms with Gasteiger partial charge in [-0.1, -0.05) is 54.5 Å². The van der Waals surface area contributed by atoms with Gasteiger partial charge in [-0.15, -0.1) is 0 Å². The van der Waals surface area contributed by atoms with Crippen LogP contribution in [0, 0.1) is 5.82 Å². The van der Waals surface area contributed by atoms with E-state index in [0.717, 1.165) is 12.0 Å². The summed E-state index contributed by atoms with van der Waals surface area (Å²) >= 11 is 0. The van der Waals surface area contributed by atoms with Gasteiger partial charge in [0.15, 0.2) is 0 Å². The Balaban J connectivity index is 1.72. The van der Waals surface area contributed by atoms with E-state index in [4.69, 9.17) is 0 Å². The molecule has 0 unspecified atom stereocenters. The largest absolute Gasteiger partial charge is 0.346 e. The SMILES string of the molecule is CCc1ccc([C@@H]2C[C@@H](c3ccccc3F)n3nnnc3N2)cc1. The number of nitrogens with zero attached hydrogens (tertiary/aromatic N) is 4. The minimum Gasteiger partial charge on any atom is -0.346 e. The molecule has 2 aromatic carbocycles. The molecule has 0 fully saturated rings. The minimum absolute atomic E-state index is 0.0408. The summed E-state index contributed by atoms with van der Waals surface area (Å²) < 4.78 is 16.0. The summed E-state index contributed by atoms with van der Waals surface area (Å²) in [6, 6.07) is 15.1. The Morgan fingerprint density at radius 1 is 1.17 bits per heavy atom. The van der Waals surface area contributed by atoms with Crippen molar-refractivity contribution in [2.45, 2.75) is 31.8 Å². The smallest absolute Gasteiger partial charge is 0.243 e. The lowest BCUT2D eigenvalue weighted by Gasteiger charge is -2.31. The van der Waals surface area contributed by atoms with Crippen molar-refractivity contribution in [3.05, 3.63) is 71.0 Å². The van der Waals surface area contributed by atoms with Crippen LogP contribution in [0.4, 0.5) is 10.3 Å². The molecule has 1 aliphatic rings. The fourth-order valence-electron chi connectivity index (χ4n) is 3.25. The molecular weight excluding hydrogens is 305 g/mol. The lowest BCUT2D eigenvalue weighted by atomic mass is 9.92. The Labute approximate surface area is 139 Å². The van der Waals surface area contributed by atoms with Gasteiger partial charge in [0, 0.05) is 5.56 Å². The molecule has 24 heavy (non-hydrogen) atoms. The van der Waals surface area contributed by atoms with Gasteiger partial charge in [0.05, 0.1) is 12.1 Å². The monoisotopic (exact) mass is 323 g/mol. The standard InChI is InChI=1S/C18H18FN5/c1-2-12-7-9-13(10-8-12)16-11-17(14-5-3-4-6-15(14)19)24-18(20-16)21-22-23-24/h3-10,16-17H,2,11H2,1H3,(H,20,21,23)/t16-,17-/m0/s1. The highest BCUT2D eigenvalue weighted by molar-refractivity contribution is 5.38. The van der Waals surface area contributed by atoms with Crippen LogP contribution in [0.2, 0.25) is 0 Å². The van der Waals surface area contributed by atoms with E-state index in [1.807, 2.05) is 6.07 Å². The van der Waals surface area contributed by atoms with Crippen molar-refractivity contribution in [3.8, 4) is 0 Å². The number of aromatic nitrogens is 4. The second kappa shape index (κ2) is 6.03. The van der Waals surface area contributed by atoms with Crippen LogP contribution >= 0.6 is 0 Å². The average Bonchev–Trinajstić information content (AvgIpc) is 3.10. The van der Waals surface area contributed by atoms with Crippen LogP contribution in [0.3, 0.4) is 0 Å².